The van der Waals surface area contributed by atoms with Crippen LogP contribution in [0.15, 0.2) is 18.2 Å². The molecule has 18 heavy (non-hydrogen) atoms. The van der Waals surface area contributed by atoms with Crippen molar-refractivity contribution in [2.24, 2.45) is 5.92 Å². The Hall–Kier alpha value is -1.02. The molecule has 0 amide bonds. The molecular weight excluding hydrogens is 222 g/mol. The molecule has 0 heterocycles. The van der Waals surface area contributed by atoms with Crippen molar-refractivity contribution in [3.8, 4) is 5.75 Å². The molecule has 0 aliphatic carbocycles. The molecule has 0 aliphatic rings. The smallest absolute Gasteiger partial charge is 0.123 e. The van der Waals surface area contributed by atoms with Gasteiger partial charge < -0.3 is 10.1 Å². The fourth-order valence-electron chi connectivity index (χ4n) is 2.18. The highest BCUT2D eigenvalue weighted by molar-refractivity contribution is 5.36. The Balaban J connectivity index is 2.54. The molecule has 0 saturated carbocycles. The minimum Gasteiger partial charge on any atom is -0.496 e. The summed E-state index contributed by atoms with van der Waals surface area (Å²) in [6.07, 6.45) is 2.48. The Morgan fingerprint density at radius 1 is 1.28 bits per heavy atom. The standard InChI is InChI=1S/C16H27NO/c1-6-12(2)9-14(4)17-11-15-10-13(3)7-8-16(15)18-5/h7-8,10,12,14,17H,6,9,11H2,1-5H3. The van der Waals surface area contributed by atoms with Gasteiger partial charge >= 0.3 is 0 Å². The molecule has 1 aromatic rings. The molecule has 0 aliphatic heterocycles. The Labute approximate surface area is 112 Å². The van der Waals surface area contributed by atoms with E-state index in [1.165, 1.54) is 24.0 Å². The van der Waals surface area contributed by atoms with E-state index in [-0.39, 0.29) is 0 Å². The third kappa shape index (κ3) is 4.69. The first-order valence-corrected chi connectivity index (χ1v) is 6.93. The van der Waals surface area contributed by atoms with Gasteiger partial charge in [-0.3, -0.25) is 0 Å². The van der Waals surface area contributed by atoms with Crippen LogP contribution in [0.1, 0.15) is 44.7 Å². The molecule has 0 aromatic heterocycles. The van der Waals surface area contributed by atoms with E-state index in [4.69, 9.17) is 4.74 Å². The van der Waals surface area contributed by atoms with Gasteiger partial charge in [-0.05, 0) is 32.3 Å². The van der Waals surface area contributed by atoms with Crippen LogP contribution >= 0.6 is 0 Å². The van der Waals surface area contributed by atoms with Crippen LogP contribution in [0.5, 0.6) is 5.75 Å². The van der Waals surface area contributed by atoms with Gasteiger partial charge in [-0.1, -0.05) is 38.0 Å². The normalized spacial score (nSPS) is 14.3. The van der Waals surface area contributed by atoms with Crippen molar-refractivity contribution in [3.63, 3.8) is 0 Å². The third-order valence-corrected chi connectivity index (χ3v) is 3.53. The fraction of sp³-hybridized carbons (Fsp3) is 0.625. The lowest BCUT2D eigenvalue weighted by Crippen LogP contribution is -2.27. The molecule has 2 unspecified atom stereocenters. The number of aryl methyl sites for hydroxylation is 1. The summed E-state index contributed by atoms with van der Waals surface area (Å²) < 4.78 is 5.39. The van der Waals surface area contributed by atoms with Gasteiger partial charge in [-0.15, -0.1) is 0 Å². The molecule has 102 valence electrons. The lowest BCUT2D eigenvalue weighted by molar-refractivity contribution is 0.393. The van der Waals surface area contributed by atoms with Crippen LogP contribution in [-0.2, 0) is 6.54 Å². The second kappa shape index (κ2) is 7.42. The van der Waals surface area contributed by atoms with Crippen molar-refractivity contribution < 1.29 is 4.74 Å². The summed E-state index contributed by atoms with van der Waals surface area (Å²) in [6, 6.07) is 6.88. The van der Waals surface area contributed by atoms with Crippen molar-refractivity contribution in [2.75, 3.05) is 7.11 Å². The molecular formula is C16H27NO. The first-order valence-electron chi connectivity index (χ1n) is 6.93. The predicted octanol–water partition coefficient (Wildman–Crippen LogP) is 3.92. The number of hydrogen-bond acceptors (Lipinski definition) is 2. The average molecular weight is 249 g/mol. The monoisotopic (exact) mass is 249 g/mol. The molecule has 0 radical (unpaired) electrons. The number of hydrogen-bond donors (Lipinski definition) is 1. The largest absolute Gasteiger partial charge is 0.496 e. The summed E-state index contributed by atoms with van der Waals surface area (Å²) in [7, 11) is 1.73. The Bertz CT molecular complexity index is 362. The zero-order chi connectivity index (χ0) is 13.5. The maximum atomic E-state index is 5.39. The molecule has 1 N–H and O–H groups in total. The van der Waals surface area contributed by atoms with Crippen molar-refractivity contribution in [2.45, 2.75) is 53.1 Å². The Morgan fingerprint density at radius 2 is 2.00 bits per heavy atom. The van der Waals surface area contributed by atoms with E-state index >= 15 is 0 Å². The Kier molecular flexibility index (Phi) is 6.20. The molecule has 2 heteroatoms. The van der Waals surface area contributed by atoms with Crippen LogP contribution in [0.4, 0.5) is 0 Å². The van der Waals surface area contributed by atoms with E-state index in [1.807, 2.05) is 6.07 Å². The van der Waals surface area contributed by atoms with E-state index in [0.717, 1.165) is 18.2 Å². The topological polar surface area (TPSA) is 21.3 Å². The van der Waals surface area contributed by atoms with Gasteiger partial charge in [0.2, 0.25) is 0 Å². The first-order chi connectivity index (χ1) is 8.56. The summed E-state index contributed by atoms with van der Waals surface area (Å²) in [6.45, 7) is 9.81. The van der Waals surface area contributed by atoms with E-state index in [9.17, 15) is 0 Å². The highest BCUT2D eigenvalue weighted by Crippen LogP contribution is 2.20. The lowest BCUT2D eigenvalue weighted by atomic mass is 10.00. The molecule has 2 atom stereocenters. The van der Waals surface area contributed by atoms with Gasteiger partial charge in [0.15, 0.2) is 0 Å². The molecule has 0 fully saturated rings. The van der Waals surface area contributed by atoms with E-state index in [1.54, 1.807) is 7.11 Å². The Morgan fingerprint density at radius 3 is 2.61 bits per heavy atom. The van der Waals surface area contributed by atoms with Crippen LogP contribution in [-0.4, -0.2) is 13.2 Å². The highest BCUT2D eigenvalue weighted by atomic mass is 16.5. The summed E-state index contributed by atoms with van der Waals surface area (Å²) in [5.41, 5.74) is 2.52. The van der Waals surface area contributed by atoms with Gasteiger partial charge in [-0.2, -0.15) is 0 Å². The van der Waals surface area contributed by atoms with Gasteiger partial charge in [0.25, 0.3) is 0 Å². The molecule has 0 saturated heterocycles. The number of rotatable bonds is 7. The van der Waals surface area contributed by atoms with Crippen molar-refractivity contribution in [1.82, 2.24) is 5.32 Å². The van der Waals surface area contributed by atoms with Crippen LogP contribution < -0.4 is 10.1 Å². The second-order valence-electron chi connectivity index (χ2n) is 5.35. The maximum absolute atomic E-state index is 5.39. The average Bonchev–Trinajstić information content (AvgIpc) is 2.36. The SMILES string of the molecule is CCC(C)CC(C)NCc1cc(C)ccc1OC. The predicted molar refractivity (Wildman–Crippen MR) is 78.1 cm³/mol. The van der Waals surface area contributed by atoms with Gasteiger partial charge in [-0.25, -0.2) is 0 Å². The lowest BCUT2D eigenvalue weighted by Gasteiger charge is -2.18. The van der Waals surface area contributed by atoms with Crippen LogP contribution in [0, 0.1) is 12.8 Å². The number of nitrogens with one attached hydrogen (secondary N) is 1. The van der Waals surface area contributed by atoms with E-state index in [0.29, 0.717) is 6.04 Å². The number of benzene rings is 1. The molecule has 0 bridgehead atoms. The van der Waals surface area contributed by atoms with Crippen LogP contribution in [0.2, 0.25) is 0 Å². The zero-order valence-electron chi connectivity index (χ0n) is 12.4. The summed E-state index contributed by atoms with van der Waals surface area (Å²) in [5.74, 6) is 1.76. The maximum Gasteiger partial charge on any atom is 0.123 e. The third-order valence-electron chi connectivity index (χ3n) is 3.53. The van der Waals surface area contributed by atoms with Crippen molar-refractivity contribution in [3.05, 3.63) is 29.3 Å². The van der Waals surface area contributed by atoms with E-state index in [2.05, 4.69) is 45.1 Å². The van der Waals surface area contributed by atoms with Crippen molar-refractivity contribution >= 4 is 0 Å². The van der Waals surface area contributed by atoms with Gasteiger partial charge in [0.1, 0.15) is 5.75 Å². The first kappa shape index (κ1) is 15.0. The molecule has 0 spiro atoms. The quantitative estimate of drug-likeness (QED) is 0.791. The van der Waals surface area contributed by atoms with Crippen LogP contribution in [0.25, 0.3) is 0 Å². The number of ether oxygens (including phenoxy) is 1. The fourth-order valence-corrected chi connectivity index (χ4v) is 2.18. The molecule has 1 rings (SSSR count). The minimum atomic E-state index is 0.546. The second-order valence-corrected chi connectivity index (χ2v) is 5.35. The summed E-state index contributed by atoms with van der Waals surface area (Å²) in [4.78, 5) is 0. The minimum absolute atomic E-state index is 0.546. The summed E-state index contributed by atoms with van der Waals surface area (Å²) >= 11 is 0. The van der Waals surface area contributed by atoms with Crippen molar-refractivity contribution in [1.29, 1.82) is 0 Å². The van der Waals surface area contributed by atoms with Gasteiger partial charge in [0.05, 0.1) is 7.11 Å². The van der Waals surface area contributed by atoms with Crippen LogP contribution in [0.3, 0.4) is 0 Å². The van der Waals surface area contributed by atoms with Gasteiger partial charge in [0, 0.05) is 18.2 Å². The molecule has 2 nitrogen and oxygen atoms in total. The number of methoxy groups -OCH3 is 1. The summed E-state index contributed by atoms with van der Waals surface area (Å²) in [5, 5.41) is 3.59. The van der Waals surface area contributed by atoms with E-state index < -0.39 is 0 Å². The highest BCUT2D eigenvalue weighted by Gasteiger charge is 2.08. The zero-order valence-corrected chi connectivity index (χ0v) is 12.4. The molecule has 1 aromatic carbocycles.